The Morgan fingerprint density at radius 1 is 1.00 bits per heavy atom. The highest BCUT2D eigenvalue weighted by molar-refractivity contribution is 5.98. The van der Waals surface area contributed by atoms with Crippen LogP contribution in [-0.2, 0) is 16.1 Å². The molecule has 0 fully saturated rings. The zero-order valence-corrected chi connectivity index (χ0v) is 18.6. The molecule has 2 aromatic carbocycles. The highest BCUT2D eigenvalue weighted by Crippen LogP contribution is 2.15. The highest BCUT2D eigenvalue weighted by Gasteiger charge is 2.12. The third-order valence-electron chi connectivity index (χ3n) is 4.97. The Bertz CT molecular complexity index is 877. The summed E-state index contributed by atoms with van der Waals surface area (Å²) < 4.78 is 5.51. The van der Waals surface area contributed by atoms with Crippen LogP contribution in [0.15, 0.2) is 48.5 Å². The smallest absolute Gasteiger partial charge is 0.227 e. The molecule has 1 atom stereocenters. The monoisotopic (exact) mass is 424 g/mol. The lowest BCUT2D eigenvalue weighted by Crippen LogP contribution is -2.23. The quantitative estimate of drug-likeness (QED) is 0.482. The van der Waals surface area contributed by atoms with Gasteiger partial charge in [-0.15, -0.1) is 0 Å². The Hall–Kier alpha value is -3.15. The van der Waals surface area contributed by atoms with Gasteiger partial charge in [-0.3, -0.25) is 14.4 Å². The molecular formula is C25H32N2O4. The molecule has 2 aromatic rings. The third-order valence-corrected chi connectivity index (χ3v) is 4.97. The van der Waals surface area contributed by atoms with Gasteiger partial charge in [-0.25, -0.2) is 0 Å². The van der Waals surface area contributed by atoms with E-state index in [4.69, 9.17) is 4.74 Å². The number of hydrogen-bond donors (Lipinski definition) is 2. The lowest BCUT2D eigenvalue weighted by atomic mass is 10.1. The van der Waals surface area contributed by atoms with E-state index in [1.165, 1.54) is 0 Å². The van der Waals surface area contributed by atoms with Crippen LogP contribution in [-0.4, -0.2) is 24.2 Å². The predicted molar refractivity (Wildman–Crippen MR) is 122 cm³/mol. The molecular weight excluding hydrogens is 392 g/mol. The molecule has 6 heteroatoms. The van der Waals surface area contributed by atoms with Crippen molar-refractivity contribution in [3.8, 4) is 5.75 Å². The van der Waals surface area contributed by atoms with Gasteiger partial charge in [0.25, 0.3) is 0 Å². The van der Waals surface area contributed by atoms with Crippen molar-refractivity contribution in [2.24, 2.45) is 5.92 Å². The zero-order chi connectivity index (χ0) is 22.6. The number of ketones is 1. The maximum Gasteiger partial charge on any atom is 0.227 e. The molecule has 0 saturated carbocycles. The maximum absolute atomic E-state index is 12.3. The number of amides is 2. The average molecular weight is 425 g/mol. The van der Waals surface area contributed by atoms with Crippen molar-refractivity contribution in [2.75, 3.05) is 11.9 Å². The van der Waals surface area contributed by atoms with Crippen molar-refractivity contribution in [3.05, 3.63) is 59.7 Å². The van der Waals surface area contributed by atoms with Crippen molar-refractivity contribution in [3.63, 3.8) is 0 Å². The first-order valence-corrected chi connectivity index (χ1v) is 10.9. The lowest BCUT2D eigenvalue weighted by molar-refractivity contribution is -0.121. The molecule has 0 aliphatic heterocycles. The van der Waals surface area contributed by atoms with Crippen LogP contribution in [0.25, 0.3) is 0 Å². The Morgan fingerprint density at radius 3 is 2.42 bits per heavy atom. The van der Waals surface area contributed by atoms with Gasteiger partial charge < -0.3 is 15.4 Å². The lowest BCUT2D eigenvalue weighted by Gasteiger charge is -2.11. The normalized spacial score (nSPS) is 11.5. The summed E-state index contributed by atoms with van der Waals surface area (Å²) in [7, 11) is 0. The van der Waals surface area contributed by atoms with E-state index in [1.807, 2.05) is 45.0 Å². The van der Waals surface area contributed by atoms with Crippen molar-refractivity contribution in [1.29, 1.82) is 0 Å². The summed E-state index contributed by atoms with van der Waals surface area (Å²) in [4.78, 5) is 36.5. The second-order valence-electron chi connectivity index (χ2n) is 7.57. The first-order valence-electron chi connectivity index (χ1n) is 10.9. The van der Waals surface area contributed by atoms with Gasteiger partial charge in [-0.2, -0.15) is 0 Å². The van der Waals surface area contributed by atoms with Crippen LogP contribution in [0, 0.1) is 5.92 Å². The van der Waals surface area contributed by atoms with E-state index < -0.39 is 0 Å². The first kappa shape index (κ1) is 24.1. The summed E-state index contributed by atoms with van der Waals surface area (Å²) in [6.45, 7) is 6.86. The van der Waals surface area contributed by atoms with Gasteiger partial charge in [0, 0.05) is 36.6 Å². The highest BCUT2D eigenvalue weighted by atomic mass is 16.5. The fraction of sp³-hybridized carbons (Fsp3) is 0.400. The minimum Gasteiger partial charge on any atom is -0.494 e. The summed E-state index contributed by atoms with van der Waals surface area (Å²) in [5.41, 5.74) is 2.16. The minimum absolute atomic E-state index is 0.0212. The molecule has 0 aromatic heterocycles. The molecule has 6 nitrogen and oxygen atoms in total. The summed E-state index contributed by atoms with van der Waals surface area (Å²) in [6.07, 6.45) is 1.97. The fourth-order valence-corrected chi connectivity index (χ4v) is 2.83. The largest absolute Gasteiger partial charge is 0.494 e. The number of Topliss-reactive ketones (excluding diaryl/α,β-unsaturated/α-hetero) is 1. The van der Waals surface area contributed by atoms with Gasteiger partial charge in [0.15, 0.2) is 5.78 Å². The average Bonchev–Trinajstić information content (AvgIpc) is 2.79. The van der Waals surface area contributed by atoms with Crippen LogP contribution in [0.3, 0.4) is 0 Å². The number of ether oxygens (including phenoxy) is 1. The number of carbonyl (C=O) groups excluding carboxylic acids is 3. The predicted octanol–water partition coefficient (Wildman–Crippen LogP) is 4.74. The number of nitrogens with one attached hydrogen (secondary N) is 2. The van der Waals surface area contributed by atoms with Crippen molar-refractivity contribution in [1.82, 2.24) is 5.32 Å². The Balaban J connectivity index is 1.78. The van der Waals surface area contributed by atoms with Gasteiger partial charge in [0.2, 0.25) is 11.8 Å². The summed E-state index contributed by atoms with van der Waals surface area (Å²) >= 11 is 0. The maximum atomic E-state index is 12.3. The van der Waals surface area contributed by atoms with E-state index in [2.05, 4.69) is 10.6 Å². The molecule has 0 spiro atoms. The molecule has 2 N–H and O–H groups in total. The van der Waals surface area contributed by atoms with Crippen LogP contribution in [0.1, 0.15) is 62.4 Å². The standard InChI is InChI=1S/C25H32N2O4/c1-4-15-31-22-11-9-20(10-12-22)23(28)13-14-24(29)26-17-19-7-6-8-21(16-19)27-25(30)18(3)5-2/h6-12,16,18H,4-5,13-15,17H2,1-3H3,(H,26,29)(H,27,30). The fourth-order valence-electron chi connectivity index (χ4n) is 2.83. The Labute approximate surface area is 184 Å². The van der Waals surface area contributed by atoms with Gasteiger partial charge >= 0.3 is 0 Å². The number of anilines is 1. The molecule has 0 saturated heterocycles. The van der Waals surface area contributed by atoms with Crippen LogP contribution in [0.4, 0.5) is 5.69 Å². The molecule has 31 heavy (non-hydrogen) atoms. The van der Waals surface area contributed by atoms with Crippen LogP contribution >= 0.6 is 0 Å². The Morgan fingerprint density at radius 2 is 1.74 bits per heavy atom. The summed E-state index contributed by atoms with van der Waals surface area (Å²) in [5.74, 6) is 0.393. The minimum atomic E-state index is -0.190. The second-order valence-corrected chi connectivity index (χ2v) is 7.57. The molecule has 1 unspecified atom stereocenters. The molecule has 166 valence electrons. The molecule has 0 radical (unpaired) electrons. The number of carbonyl (C=O) groups is 3. The molecule has 0 aliphatic rings. The van der Waals surface area contributed by atoms with Crippen molar-refractivity contribution < 1.29 is 19.1 Å². The molecule has 0 aliphatic carbocycles. The number of hydrogen-bond acceptors (Lipinski definition) is 4. The number of rotatable bonds is 12. The summed E-state index contributed by atoms with van der Waals surface area (Å²) in [5, 5.41) is 5.72. The third kappa shape index (κ3) is 8.24. The van der Waals surface area contributed by atoms with Crippen LogP contribution in [0.5, 0.6) is 5.75 Å². The van der Waals surface area contributed by atoms with E-state index in [0.717, 1.165) is 24.2 Å². The van der Waals surface area contributed by atoms with Gasteiger partial charge in [-0.05, 0) is 54.8 Å². The van der Waals surface area contributed by atoms with E-state index >= 15 is 0 Å². The number of benzene rings is 2. The Kier molecular flexibility index (Phi) is 9.75. The second kappa shape index (κ2) is 12.5. The van der Waals surface area contributed by atoms with E-state index in [9.17, 15) is 14.4 Å². The molecule has 0 bridgehead atoms. The van der Waals surface area contributed by atoms with Crippen molar-refractivity contribution in [2.45, 2.75) is 53.0 Å². The molecule has 2 rings (SSSR count). The van der Waals surface area contributed by atoms with Gasteiger partial charge in [0.05, 0.1) is 6.61 Å². The van der Waals surface area contributed by atoms with Gasteiger partial charge in [0.1, 0.15) is 5.75 Å². The molecule has 2 amide bonds. The van der Waals surface area contributed by atoms with E-state index in [1.54, 1.807) is 24.3 Å². The first-order chi connectivity index (χ1) is 14.9. The zero-order valence-electron chi connectivity index (χ0n) is 18.6. The SMILES string of the molecule is CCCOc1ccc(C(=O)CCC(=O)NCc2cccc(NC(=O)C(C)CC)c2)cc1. The van der Waals surface area contributed by atoms with Crippen LogP contribution in [0.2, 0.25) is 0 Å². The van der Waals surface area contributed by atoms with Gasteiger partial charge in [-0.1, -0.05) is 32.9 Å². The topological polar surface area (TPSA) is 84.5 Å². The van der Waals surface area contributed by atoms with Crippen molar-refractivity contribution >= 4 is 23.3 Å². The van der Waals surface area contributed by atoms with E-state index in [0.29, 0.717) is 24.4 Å². The molecule has 0 heterocycles. The van der Waals surface area contributed by atoms with E-state index in [-0.39, 0.29) is 36.4 Å². The van der Waals surface area contributed by atoms with Crippen LogP contribution < -0.4 is 15.4 Å². The summed E-state index contributed by atoms with van der Waals surface area (Å²) in [6, 6.07) is 14.4.